The molecule has 13 heavy (non-hydrogen) atoms. The highest BCUT2D eigenvalue weighted by Crippen LogP contribution is 2.17. The molecule has 0 fully saturated rings. The fourth-order valence-electron chi connectivity index (χ4n) is 1.37. The van der Waals surface area contributed by atoms with Gasteiger partial charge < -0.3 is 5.32 Å². The maximum absolute atomic E-state index is 5.90. The third kappa shape index (κ3) is 3.37. The summed E-state index contributed by atoms with van der Waals surface area (Å²) in [5.41, 5.74) is 1.24. The van der Waals surface area contributed by atoms with Gasteiger partial charge in [-0.1, -0.05) is 37.6 Å². The van der Waals surface area contributed by atoms with Crippen LogP contribution in [0.5, 0.6) is 0 Å². The lowest BCUT2D eigenvalue weighted by molar-refractivity contribution is 0.506. The maximum atomic E-state index is 5.90. The van der Waals surface area contributed by atoms with Crippen molar-refractivity contribution in [2.75, 3.05) is 0 Å². The van der Waals surface area contributed by atoms with Gasteiger partial charge in [0.1, 0.15) is 0 Å². The second-order valence-corrected chi connectivity index (χ2v) is 4.03. The van der Waals surface area contributed by atoms with E-state index in [9.17, 15) is 0 Å². The first-order valence-electron chi connectivity index (χ1n) is 4.61. The molecule has 0 aromatic heterocycles. The van der Waals surface area contributed by atoms with Crippen molar-refractivity contribution in [3.05, 3.63) is 34.9 Å². The van der Waals surface area contributed by atoms with Crippen LogP contribution in [0, 0.1) is 0 Å². The predicted octanol–water partition coefficient (Wildman–Crippen LogP) is 3.40. The van der Waals surface area contributed by atoms with Gasteiger partial charge in [-0.3, -0.25) is 0 Å². The summed E-state index contributed by atoms with van der Waals surface area (Å²) in [5, 5.41) is 4.23. The Kier molecular flexibility index (Phi) is 3.76. The molecule has 0 saturated heterocycles. The molecule has 0 bridgehead atoms. The molecule has 0 saturated carbocycles. The first kappa shape index (κ1) is 10.6. The zero-order valence-electron chi connectivity index (χ0n) is 8.34. The maximum Gasteiger partial charge on any atom is 0.0409 e. The molecule has 1 rings (SSSR count). The van der Waals surface area contributed by atoms with Gasteiger partial charge in [-0.15, -0.1) is 0 Å². The highest BCUT2D eigenvalue weighted by atomic mass is 35.5. The fourth-order valence-corrected chi connectivity index (χ4v) is 1.57. The number of hydrogen-bond acceptors (Lipinski definition) is 1. The number of nitrogens with one attached hydrogen (secondary N) is 1. The van der Waals surface area contributed by atoms with Gasteiger partial charge in [-0.05, 0) is 24.6 Å². The molecule has 0 aliphatic heterocycles. The second-order valence-electron chi connectivity index (χ2n) is 3.60. The molecule has 1 atom stereocenters. The second kappa shape index (κ2) is 4.64. The highest BCUT2D eigenvalue weighted by molar-refractivity contribution is 6.30. The average molecular weight is 198 g/mol. The molecule has 72 valence electrons. The number of benzene rings is 1. The minimum absolute atomic E-state index is 0.360. The van der Waals surface area contributed by atoms with E-state index in [0.717, 1.165) is 5.02 Å². The van der Waals surface area contributed by atoms with Crippen molar-refractivity contribution in [2.45, 2.75) is 32.9 Å². The standard InChI is InChI=1S/C11H16ClN/c1-8(2)13-9(3)10-5-4-6-11(12)7-10/h4-9,13H,1-3H3/t9-/m0/s1. The highest BCUT2D eigenvalue weighted by Gasteiger charge is 2.05. The van der Waals surface area contributed by atoms with Crippen molar-refractivity contribution >= 4 is 11.6 Å². The molecule has 0 unspecified atom stereocenters. The molecule has 0 aliphatic rings. The van der Waals surface area contributed by atoms with Crippen molar-refractivity contribution in [3.8, 4) is 0 Å². The Balaban J connectivity index is 2.71. The molecule has 1 nitrogen and oxygen atoms in total. The van der Waals surface area contributed by atoms with Crippen LogP contribution in [0.1, 0.15) is 32.4 Å². The van der Waals surface area contributed by atoms with E-state index in [2.05, 4.69) is 32.2 Å². The Bertz CT molecular complexity index is 271. The summed E-state index contributed by atoms with van der Waals surface area (Å²) in [6.45, 7) is 6.42. The van der Waals surface area contributed by atoms with Gasteiger partial charge in [0.15, 0.2) is 0 Å². The van der Waals surface area contributed by atoms with E-state index in [1.165, 1.54) is 5.56 Å². The normalized spacial score (nSPS) is 13.3. The quantitative estimate of drug-likeness (QED) is 0.783. The van der Waals surface area contributed by atoms with E-state index in [1.54, 1.807) is 0 Å². The smallest absolute Gasteiger partial charge is 0.0409 e. The van der Waals surface area contributed by atoms with E-state index < -0.39 is 0 Å². The monoisotopic (exact) mass is 197 g/mol. The van der Waals surface area contributed by atoms with Crippen molar-refractivity contribution in [2.24, 2.45) is 0 Å². The first-order valence-corrected chi connectivity index (χ1v) is 4.99. The van der Waals surface area contributed by atoms with E-state index in [1.807, 2.05) is 18.2 Å². The lowest BCUT2D eigenvalue weighted by Crippen LogP contribution is -2.25. The van der Waals surface area contributed by atoms with Crippen LogP contribution in [0.25, 0.3) is 0 Å². The van der Waals surface area contributed by atoms with Crippen molar-refractivity contribution in [1.29, 1.82) is 0 Å². The third-order valence-corrected chi connectivity index (χ3v) is 2.17. The van der Waals surface area contributed by atoms with Crippen LogP contribution in [-0.2, 0) is 0 Å². The Morgan fingerprint density at radius 3 is 2.46 bits per heavy atom. The number of hydrogen-bond donors (Lipinski definition) is 1. The van der Waals surface area contributed by atoms with Crippen molar-refractivity contribution in [1.82, 2.24) is 5.32 Å². The predicted molar refractivity (Wildman–Crippen MR) is 58.1 cm³/mol. The van der Waals surface area contributed by atoms with Gasteiger partial charge in [0.2, 0.25) is 0 Å². The lowest BCUT2D eigenvalue weighted by atomic mass is 10.1. The average Bonchev–Trinajstić information content (AvgIpc) is 2.03. The summed E-state index contributed by atoms with van der Waals surface area (Å²) in [6.07, 6.45) is 0. The molecule has 0 heterocycles. The molecular formula is C11H16ClN. The largest absolute Gasteiger partial charge is 0.308 e. The van der Waals surface area contributed by atoms with Crippen molar-refractivity contribution in [3.63, 3.8) is 0 Å². The Morgan fingerprint density at radius 2 is 1.92 bits per heavy atom. The minimum Gasteiger partial charge on any atom is -0.308 e. The van der Waals surface area contributed by atoms with Crippen LogP contribution < -0.4 is 5.32 Å². The molecule has 0 spiro atoms. The fraction of sp³-hybridized carbons (Fsp3) is 0.455. The SMILES string of the molecule is CC(C)N[C@@H](C)c1cccc(Cl)c1. The van der Waals surface area contributed by atoms with Gasteiger partial charge in [0, 0.05) is 17.1 Å². The molecule has 0 radical (unpaired) electrons. The molecule has 2 heteroatoms. The van der Waals surface area contributed by atoms with Crippen LogP contribution in [0.3, 0.4) is 0 Å². The summed E-state index contributed by atoms with van der Waals surface area (Å²) in [6, 6.07) is 8.82. The molecule has 0 aliphatic carbocycles. The third-order valence-electron chi connectivity index (χ3n) is 1.93. The lowest BCUT2D eigenvalue weighted by Gasteiger charge is -2.17. The van der Waals surface area contributed by atoms with Gasteiger partial charge >= 0.3 is 0 Å². The molecule has 0 amide bonds. The Hall–Kier alpha value is -0.530. The summed E-state index contributed by atoms with van der Waals surface area (Å²) in [5.74, 6) is 0. The number of rotatable bonds is 3. The summed E-state index contributed by atoms with van der Waals surface area (Å²) in [4.78, 5) is 0. The minimum atomic E-state index is 0.360. The Morgan fingerprint density at radius 1 is 1.23 bits per heavy atom. The van der Waals surface area contributed by atoms with Crippen LogP contribution in [0.15, 0.2) is 24.3 Å². The van der Waals surface area contributed by atoms with Crippen LogP contribution in [0.2, 0.25) is 5.02 Å². The topological polar surface area (TPSA) is 12.0 Å². The van der Waals surface area contributed by atoms with Crippen LogP contribution in [0.4, 0.5) is 0 Å². The van der Waals surface area contributed by atoms with Crippen LogP contribution in [-0.4, -0.2) is 6.04 Å². The van der Waals surface area contributed by atoms with E-state index in [4.69, 9.17) is 11.6 Å². The van der Waals surface area contributed by atoms with Gasteiger partial charge in [-0.2, -0.15) is 0 Å². The van der Waals surface area contributed by atoms with E-state index in [-0.39, 0.29) is 0 Å². The van der Waals surface area contributed by atoms with Crippen molar-refractivity contribution < 1.29 is 0 Å². The zero-order valence-corrected chi connectivity index (χ0v) is 9.10. The summed E-state index contributed by atoms with van der Waals surface area (Å²) >= 11 is 5.90. The van der Waals surface area contributed by atoms with E-state index >= 15 is 0 Å². The molecule has 1 aromatic rings. The van der Waals surface area contributed by atoms with Gasteiger partial charge in [-0.25, -0.2) is 0 Å². The Labute approximate surface area is 85.1 Å². The van der Waals surface area contributed by atoms with Crippen LogP contribution >= 0.6 is 11.6 Å². The van der Waals surface area contributed by atoms with Gasteiger partial charge in [0.25, 0.3) is 0 Å². The van der Waals surface area contributed by atoms with E-state index in [0.29, 0.717) is 12.1 Å². The summed E-state index contributed by atoms with van der Waals surface area (Å²) < 4.78 is 0. The first-order chi connectivity index (χ1) is 6.09. The molecule has 1 N–H and O–H groups in total. The zero-order chi connectivity index (χ0) is 9.84. The molecule has 1 aromatic carbocycles. The van der Waals surface area contributed by atoms with Gasteiger partial charge in [0.05, 0.1) is 0 Å². The number of halogens is 1. The summed E-state index contributed by atoms with van der Waals surface area (Å²) in [7, 11) is 0. The molecular weight excluding hydrogens is 182 g/mol.